The minimum Gasteiger partial charge on any atom is -0.135 e. The number of fused-ring (bicyclic) bond motifs is 9. The Bertz CT molecular complexity index is 2550. The first-order valence-corrected chi connectivity index (χ1v) is 17.4. The largest absolute Gasteiger partial charge is 0.135 e. The van der Waals surface area contributed by atoms with Crippen LogP contribution in [0.25, 0.3) is 64.7 Å². The molecule has 1 heterocycles. The van der Waals surface area contributed by atoms with E-state index in [-0.39, 0.29) is 11.3 Å². The van der Waals surface area contributed by atoms with Crippen molar-refractivity contribution in [2.45, 2.75) is 25.2 Å². The van der Waals surface area contributed by atoms with Crippen molar-refractivity contribution < 1.29 is 0 Å². The van der Waals surface area contributed by atoms with Gasteiger partial charge in [0.15, 0.2) is 0 Å². The van der Waals surface area contributed by atoms with Gasteiger partial charge in [0.05, 0.1) is 0 Å². The van der Waals surface area contributed by atoms with Crippen LogP contribution in [0, 0.1) is 0 Å². The third-order valence-electron chi connectivity index (χ3n) is 10.7. The summed E-state index contributed by atoms with van der Waals surface area (Å²) < 4.78 is 2.72. The lowest BCUT2D eigenvalue weighted by atomic mass is 9.81. The maximum Gasteiger partial charge on any atom is 0.0358 e. The molecular formula is C46H32S. The van der Waals surface area contributed by atoms with Gasteiger partial charge in [0.2, 0.25) is 0 Å². The Kier molecular flexibility index (Phi) is 5.66. The summed E-state index contributed by atoms with van der Waals surface area (Å²) in [6, 6.07) is 57.1. The van der Waals surface area contributed by atoms with Crippen LogP contribution < -0.4 is 0 Å². The average Bonchev–Trinajstić information content (AvgIpc) is 3.72. The molecule has 0 N–H and O–H groups in total. The fraction of sp³-hybridized carbons (Fsp3) is 0.0870. The van der Waals surface area contributed by atoms with Gasteiger partial charge in [-0.1, -0.05) is 135 Å². The molecule has 1 unspecified atom stereocenters. The van der Waals surface area contributed by atoms with Gasteiger partial charge in [-0.3, -0.25) is 0 Å². The molecule has 0 amide bonds. The van der Waals surface area contributed by atoms with E-state index >= 15 is 0 Å². The summed E-state index contributed by atoms with van der Waals surface area (Å²) in [6.45, 7) is 4.74. The molecule has 2 aliphatic carbocycles. The predicted octanol–water partition coefficient (Wildman–Crippen LogP) is 12.9. The highest BCUT2D eigenvalue weighted by Gasteiger charge is 2.36. The van der Waals surface area contributed by atoms with Crippen LogP contribution in [0.1, 0.15) is 47.6 Å². The Morgan fingerprint density at radius 2 is 1.13 bits per heavy atom. The smallest absolute Gasteiger partial charge is 0.0358 e. The van der Waals surface area contributed by atoms with Crippen LogP contribution in [-0.4, -0.2) is 0 Å². The normalized spacial score (nSPS) is 15.4. The molecule has 0 nitrogen and oxygen atoms in total. The Labute approximate surface area is 279 Å². The van der Waals surface area contributed by atoms with Crippen LogP contribution in [0.15, 0.2) is 152 Å². The number of benzene rings is 7. The third-order valence-corrected chi connectivity index (χ3v) is 11.9. The van der Waals surface area contributed by atoms with Crippen molar-refractivity contribution in [3.05, 3.63) is 179 Å². The average molecular weight is 617 g/mol. The monoisotopic (exact) mass is 616 g/mol. The molecule has 47 heavy (non-hydrogen) atoms. The van der Waals surface area contributed by atoms with E-state index in [0.717, 1.165) is 0 Å². The summed E-state index contributed by atoms with van der Waals surface area (Å²) in [5.74, 6) is 0.161. The fourth-order valence-corrected chi connectivity index (χ4v) is 9.58. The molecule has 8 aromatic rings. The molecule has 0 saturated heterocycles. The Morgan fingerprint density at radius 1 is 0.426 bits per heavy atom. The van der Waals surface area contributed by atoms with E-state index in [0.29, 0.717) is 0 Å². The first-order valence-electron chi connectivity index (χ1n) is 16.5. The fourth-order valence-electron chi connectivity index (χ4n) is 8.45. The first kappa shape index (κ1) is 26.9. The minimum absolute atomic E-state index is 0.0409. The van der Waals surface area contributed by atoms with Crippen LogP contribution in [0.2, 0.25) is 0 Å². The molecule has 1 aromatic heterocycles. The van der Waals surface area contributed by atoms with Crippen molar-refractivity contribution in [3.63, 3.8) is 0 Å². The maximum atomic E-state index is 2.49. The number of hydrogen-bond donors (Lipinski definition) is 0. The molecule has 0 radical (unpaired) electrons. The summed E-state index contributed by atoms with van der Waals surface area (Å²) in [5, 5.41) is 2.71. The molecule has 222 valence electrons. The zero-order chi connectivity index (χ0) is 31.3. The van der Waals surface area contributed by atoms with Gasteiger partial charge in [-0.15, -0.1) is 11.3 Å². The van der Waals surface area contributed by atoms with Crippen molar-refractivity contribution in [1.82, 2.24) is 0 Å². The Balaban J connectivity index is 1.20. The van der Waals surface area contributed by atoms with Gasteiger partial charge in [-0.25, -0.2) is 0 Å². The van der Waals surface area contributed by atoms with Gasteiger partial charge >= 0.3 is 0 Å². The molecule has 1 atom stereocenters. The van der Waals surface area contributed by atoms with E-state index in [9.17, 15) is 0 Å². The highest BCUT2D eigenvalue weighted by atomic mass is 32.1. The van der Waals surface area contributed by atoms with Crippen LogP contribution in [0.5, 0.6) is 0 Å². The summed E-state index contributed by atoms with van der Waals surface area (Å²) in [5.41, 5.74) is 17.4. The van der Waals surface area contributed by atoms with Crippen molar-refractivity contribution in [2.24, 2.45) is 0 Å². The maximum absolute atomic E-state index is 2.49. The second kappa shape index (κ2) is 9.88. The number of rotatable bonds is 3. The predicted molar refractivity (Wildman–Crippen MR) is 201 cm³/mol. The summed E-state index contributed by atoms with van der Waals surface area (Å²) in [6.07, 6.45) is 0. The lowest BCUT2D eigenvalue weighted by Crippen LogP contribution is -2.14. The molecule has 0 aliphatic heterocycles. The van der Waals surface area contributed by atoms with Crippen molar-refractivity contribution in [2.75, 3.05) is 0 Å². The van der Waals surface area contributed by atoms with E-state index in [1.807, 2.05) is 11.3 Å². The molecule has 1 heteroatoms. The molecule has 10 rings (SSSR count). The van der Waals surface area contributed by atoms with Crippen LogP contribution >= 0.6 is 11.3 Å². The molecule has 7 aromatic carbocycles. The first-order chi connectivity index (χ1) is 23.0. The van der Waals surface area contributed by atoms with E-state index in [2.05, 4.69) is 166 Å². The molecule has 2 aliphatic rings. The Hall–Kier alpha value is -5.24. The van der Waals surface area contributed by atoms with Gasteiger partial charge in [0.25, 0.3) is 0 Å². The number of thiophene rings is 1. The summed E-state index contributed by atoms with van der Waals surface area (Å²) in [4.78, 5) is 0. The van der Waals surface area contributed by atoms with Crippen LogP contribution in [-0.2, 0) is 5.41 Å². The lowest BCUT2D eigenvalue weighted by molar-refractivity contribution is 0.660. The van der Waals surface area contributed by atoms with Gasteiger partial charge in [0.1, 0.15) is 0 Å². The quantitative estimate of drug-likeness (QED) is 0.185. The zero-order valence-corrected chi connectivity index (χ0v) is 27.2. The lowest BCUT2D eigenvalue weighted by Gasteiger charge is -2.22. The van der Waals surface area contributed by atoms with Gasteiger partial charge < -0.3 is 0 Å². The Morgan fingerprint density at radius 3 is 2.00 bits per heavy atom. The molecular weight excluding hydrogens is 585 g/mol. The topological polar surface area (TPSA) is 0 Å². The third kappa shape index (κ3) is 3.93. The second-order valence-corrected chi connectivity index (χ2v) is 14.8. The summed E-state index contributed by atoms with van der Waals surface area (Å²) in [7, 11) is 0. The van der Waals surface area contributed by atoms with E-state index in [4.69, 9.17) is 0 Å². The van der Waals surface area contributed by atoms with Gasteiger partial charge in [0, 0.05) is 31.5 Å². The minimum atomic E-state index is -0.0409. The SMILES string of the molecule is CC1(C)c2ccccc2-c2ccc(-c3cc(-c4ccccc4)cc(C4c5ccccc5-c5cc6c(cc54)sc4ccccc46)c3)cc21. The van der Waals surface area contributed by atoms with E-state index in [1.165, 1.54) is 92.5 Å². The van der Waals surface area contributed by atoms with Crippen LogP contribution in [0.3, 0.4) is 0 Å². The van der Waals surface area contributed by atoms with Crippen LogP contribution in [0.4, 0.5) is 0 Å². The standard InChI is InChI=1S/C46H32S/c1-46(2)41-18-10-8-15-34(41)35-21-20-29(25-42(35)46)31-22-30(28-12-4-3-5-13-28)23-32(24-31)45-37-17-7-6-14-33(37)38-26-39-36-16-9-11-19-43(36)47-44(39)27-40(38)45/h3-27,45H,1-2H3. The molecule has 0 fully saturated rings. The highest BCUT2D eigenvalue weighted by molar-refractivity contribution is 7.25. The van der Waals surface area contributed by atoms with E-state index in [1.54, 1.807) is 0 Å². The van der Waals surface area contributed by atoms with Crippen molar-refractivity contribution in [1.29, 1.82) is 0 Å². The van der Waals surface area contributed by atoms with Gasteiger partial charge in [-0.05, 0) is 103 Å². The molecule has 0 saturated carbocycles. The zero-order valence-electron chi connectivity index (χ0n) is 26.4. The van der Waals surface area contributed by atoms with Crippen molar-refractivity contribution >= 4 is 31.5 Å². The molecule has 0 spiro atoms. The highest BCUT2D eigenvalue weighted by Crippen LogP contribution is 2.53. The summed E-state index contributed by atoms with van der Waals surface area (Å²) >= 11 is 1.91. The number of hydrogen-bond acceptors (Lipinski definition) is 1. The van der Waals surface area contributed by atoms with Crippen molar-refractivity contribution in [3.8, 4) is 44.5 Å². The van der Waals surface area contributed by atoms with Gasteiger partial charge in [-0.2, -0.15) is 0 Å². The second-order valence-electron chi connectivity index (χ2n) is 13.7. The molecule has 0 bridgehead atoms. The van der Waals surface area contributed by atoms with E-state index < -0.39 is 0 Å².